The van der Waals surface area contributed by atoms with E-state index in [1.165, 1.54) is 11.6 Å². The van der Waals surface area contributed by atoms with Gasteiger partial charge in [-0.05, 0) is 43.5 Å². The number of carbonyl (C=O) groups is 1. The normalized spacial score (nSPS) is 10.9. The van der Waals surface area contributed by atoms with Crippen LogP contribution in [0.2, 0.25) is 0 Å². The number of aryl methyl sites for hydroxylation is 3. The van der Waals surface area contributed by atoms with Crippen LogP contribution in [-0.2, 0) is 25.3 Å². The Bertz CT molecular complexity index is 1220. The van der Waals surface area contributed by atoms with Crippen LogP contribution in [0, 0.1) is 13.8 Å². The number of methoxy groups -OCH3 is 1. The number of nitrogens with zero attached hydrogens (tertiary/aromatic N) is 3. The molecule has 1 aromatic carbocycles. The molecule has 0 aliphatic rings. The van der Waals surface area contributed by atoms with Gasteiger partial charge in [0, 0.05) is 26.2 Å². The third-order valence-corrected chi connectivity index (χ3v) is 5.15. The summed E-state index contributed by atoms with van der Waals surface area (Å²) in [5.41, 5.74) is 2.44. The lowest BCUT2D eigenvalue weighted by molar-refractivity contribution is -0.116. The first kappa shape index (κ1) is 20.3. The van der Waals surface area contributed by atoms with E-state index in [0.717, 1.165) is 15.7 Å². The average molecular weight is 396 g/mol. The highest BCUT2D eigenvalue weighted by molar-refractivity contribution is 5.92. The zero-order valence-electron chi connectivity index (χ0n) is 17.2. The van der Waals surface area contributed by atoms with Gasteiger partial charge < -0.3 is 10.1 Å². The van der Waals surface area contributed by atoms with Gasteiger partial charge >= 0.3 is 5.69 Å². The second-order valence-corrected chi connectivity index (χ2v) is 6.95. The summed E-state index contributed by atoms with van der Waals surface area (Å²) in [5.74, 6) is 0.423. The molecule has 0 saturated carbocycles. The molecule has 3 aromatic rings. The number of aromatic nitrogens is 3. The fraction of sp³-hybridized carbons (Fsp3) is 0.333. The van der Waals surface area contributed by atoms with Gasteiger partial charge in [-0.1, -0.05) is 12.1 Å². The van der Waals surface area contributed by atoms with Crippen LogP contribution in [-0.4, -0.2) is 27.1 Å². The van der Waals surface area contributed by atoms with Crippen LogP contribution in [0.1, 0.15) is 23.2 Å². The van der Waals surface area contributed by atoms with E-state index in [0.29, 0.717) is 34.6 Å². The lowest BCUT2D eigenvalue weighted by Gasteiger charge is -2.15. The molecule has 0 saturated heterocycles. The van der Waals surface area contributed by atoms with E-state index in [9.17, 15) is 14.4 Å². The minimum atomic E-state index is -0.419. The van der Waals surface area contributed by atoms with E-state index >= 15 is 0 Å². The Morgan fingerprint density at radius 3 is 2.52 bits per heavy atom. The van der Waals surface area contributed by atoms with E-state index in [-0.39, 0.29) is 17.9 Å². The number of carbonyl (C=O) groups excluding carboxylic acids is 1. The number of nitrogens with one attached hydrogen (secondary N) is 1. The highest BCUT2D eigenvalue weighted by Gasteiger charge is 2.18. The number of hydrogen-bond donors (Lipinski definition) is 1. The molecule has 1 amide bonds. The molecule has 0 atom stereocenters. The van der Waals surface area contributed by atoms with Gasteiger partial charge in [0.05, 0.1) is 18.2 Å². The maximum Gasteiger partial charge on any atom is 0.332 e. The highest BCUT2D eigenvalue weighted by Crippen LogP contribution is 2.24. The van der Waals surface area contributed by atoms with Crippen molar-refractivity contribution in [2.75, 3.05) is 12.4 Å². The van der Waals surface area contributed by atoms with E-state index in [1.807, 2.05) is 26.0 Å². The number of hydrogen-bond acceptors (Lipinski definition) is 5. The fourth-order valence-electron chi connectivity index (χ4n) is 3.51. The van der Waals surface area contributed by atoms with Gasteiger partial charge in [0.25, 0.3) is 5.56 Å². The van der Waals surface area contributed by atoms with E-state index in [4.69, 9.17) is 4.74 Å². The van der Waals surface area contributed by atoms with Gasteiger partial charge in [0.2, 0.25) is 5.91 Å². The maximum atomic E-state index is 12.7. The third-order valence-electron chi connectivity index (χ3n) is 5.15. The molecule has 152 valence electrons. The Kier molecular flexibility index (Phi) is 5.54. The van der Waals surface area contributed by atoms with Crippen molar-refractivity contribution in [3.63, 3.8) is 0 Å². The summed E-state index contributed by atoms with van der Waals surface area (Å²) in [7, 11) is 4.59. The molecule has 0 aliphatic heterocycles. The quantitative estimate of drug-likeness (QED) is 0.710. The molecule has 3 rings (SSSR count). The molecule has 8 nitrogen and oxygen atoms in total. The standard InChI is InChI=1S/C21H24N4O4/c1-12-14(10-11-17(26)23-15-8-6-7-9-16(15)29-5)13(2)22-19-18(12)20(27)25(4)21(28)24(19)3/h6-9H,10-11H2,1-5H3,(H,23,26). The van der Waals surface area contributed by atoms with Crippen molar-refractivity contribution in [2.24, 2.45) is 14.1 Å². The SMILES string of the molecule is COc1ccccc1NC(=O)CCc1c(C)nc2c(c1C)c(=O)n(C)c(=O)n2C. The molecule has 0 unspecified atom stereocenters. The summed E-state index contributed by atoms with van der Waals surface area (Å²) in [6, 6.07) is 7.20. The number of ether oxygens (including phenoxy) is 1. The van der Waals surface area contributed by atoms with Crippen LogP contribution < -0.4 is 21.3 Å². The first-order valence-electron chi connectivity index (χ1n) is 9.25. The molecule has 0 radical (unpaired) electrons. The van der Waals surface area contributed by atoms with E-state index in [1.54, 1.807) is 26.3 Å². The second-order valence-electron chi connectivity index (χ2n) is 6.95. The predicted molar refractivity (Wildman–Crippen MR) is 112 cm³/mol. The first-order valence-corrected chi connectivity index (χ1v) is 9.25. The number of pyridine rings is 1. The number of fused-ring (bicyclic) bond motifs is 1. The van der Waals surface area contributed by atoms with Crippen molar-refractivity contribution in [1.82, 2.24) is 14.1 Å². The Balaban J connectivity index is 1.92. The molecular weight excluding hydrogens is 372 g/mol. The van der Waals surface area contributed by atoms with Crippen molar-refractivity contribution in [3.8, 4) is 5.75 Å². The summed E-state index contributed by atoms with van der Waals surface area (Å²) in [5, 5.41) is 3.25. The van der Waals surface area contributed by atoms with Crippen LogP contribution in [0.4, 0.5) is 5.69 Å². The molecule has 0 fully saturated rings. The van der Waals surface area contributed by atoms with Crippen LogP contribution in [0.3, 0.4) is 0 Å². The van der Waals surface area contributed by atoms with Gasteiger partial charge in [-0.3, -0.25) is 18.7 Å². The smallest absolute Gasteiger partial charge is 0.332 e. The topological polar surface area (TPSA) is 95.2 Å². The summed E-state index contributed by atoms with van der Waals surface area (Å²) in [6.07, 6.45) is 0.645. The summed E-state index contributed by atoms with van der Waals surface area (Å²) < 4.78 is 7.69. The van der Waals surface area contributed by atoms with Crippen LogP contribution in [0.5, 0.6) is 5.75 Å². The minimum Gasteiger partial charge on any atom is -0.495 e. The highest BCUT2D eigenvalue weighted by atomic mass is 16.5. The molecule has 0 aliphatic carbocycles. The Morgan fingerprint density at radius 1 is 1.14 bits per heavy atom. The second kappa shape index (κ2) is 7.90. The number of anilines is 1. The van der Waals surface area contributed by atoms with Crippen LogP contribution in [0.15, 0.2) is 33.9 Å². The number of amides is 1. The molecule has 29 heavy (non-hydrogen) atoms. The van der Waals surface area contributed by atoms with Crippen molar-refractivity contribution < 1.29 is 9.53 Å². The molecule has 0 spiro atoms. The van der Waals surface area contributed by atoms with Crippen molar-refractivity contribution in [2.45, 2.75) is 26.7 Å². The Morgan fingerprint density at radius 2 is 1.83 bits per heavy atom. The third kappa shape index (κ3) is 3.65. The summed E-state index contributed by atoms with van der Waals surface area (Å²) in [4.78, 5) is 41.8. The molecule has 2 aromatic heterocycles. The fourth-order valence-corrected chi connectivity index (χ4v) is 3.51. The Labute approximate surface area is 167 Å². The molecule has 8 heteroatoms. The lowest BCUT2D eigenvalue weighted by atomic mass is 10.00. The van der Waals surface area contributed by atoms with Gasteiger partial charge in [0.1, 0.15) is 11.4 Å². The number of benzene rings is 1. The van der Waals surface area contributed by atoms with Crippen LogP contribution >= 0.6 is 0 Å². The maximum absolute atomic E-state index is 12.7. The van der Waals surface area contributed by atoms with Crippen molar-refractivity contribution >= 4 is 22.6 Å². The van der Waals surface area contributed by atoms with Gasteiger partial charge in [-0.2, -0.15) is 0 Å². The number of para-hydroxylation sites is 2. The zero-order valence-corrected chi connectivity index (χ0v) is 17.2. The molecular formula is C21H24N4O4. The predicted octanol–water partition coefficient (Wildman–Crippen LogP) is 1.83. The molecule has 1 N–H and O–H groups in total. The lowest BCUT2D eigenvalue weighted by Crippen LogP contribution is -2.38. The first-order chi connectivity index (χ1) is 13.8. The van der Waals surface area contributed by atoms with Crippen LogP contribution in [0.25, 0.3) is 11.0 Å². The van der Waals surface area contributed by atoms with Gasteiger partial charge in [-0.25, -0.2) is 9.78 Å². The molecule has 2 heterocycles. The minimum absolute atomic E-state index is 0.165. The number of rotatable bonds is 5. The van der Waals surface area contributed by atoms with Gasteiger partial charge in [-0.15, -0.1) is 0 Å². The Hall–Kier alpha value is -3.42. The summed E-state index contributed by atoms with van der Waals surface area (Å²) >= 11 is 0. The largest absolute Gasteiger partial charge is 0.495 e. The zero-order chi connectivity index (χ0) is 21.3. The molecule has 0 bridgehead atoms. The summed E-state index contributed by atoms with van der Waals surface area (Å²) in [6.45, 7) is 3.65. The van der Waals surface area contributed by atoms with Gasteiger partial charge in [0.15, 0.2) is 0 Å². The monoisotopic (exact) mass is 396 g/mol. The van der Waals surface area contributed by atoms with Crippen molar-refractivity contribution in [3.05, 3.63) is 61.9 Å². The van der Waals surface area contributed by atoms with E-state index in [2.05, 4.69) is 10.3 Å². The van der Waals surface area contributed by atoms with E-state index < -0.39 is 5.69 Å². The van der Waals surface area contributed by atoms with Crippen molar-refractivity contribution in [1.29, 1.82) is 0 Å². The average Bonchev–Trinajstić information content (AvgIpc) is 2.70.